The van der Waals surface area contributed by atoms with Gasteiger partial charge in [0.05, 0.1) is 0 Å². The van der Waals surface area contributed by atoms with Crippen LogP contribution in [0, 0.1) is 12.8 Å². The van der Waals surface area contributed by atoms with Crippen molar-refractivity contribution in [1.29, 1.82) is 0 Å². The minimum absolute atomic E-state index is 0.796. The van der Waals surface area contributed by atoms with Gasteiger partial charge in [0.15, 0.2) is 0 Å². The van der Waals surface area contributed by atoms with Crippen molar-refractivity contribution in [2.24, 2.45) is 5.92 Å². The molecular weight excluding hydrogens is 204 g/mol. The van der Waals surface area contributed by atoms with Gasteiger partial charge in [-0.1, -0.05) is 42.7 Å². The highest BCUT2D eigenvalue weighted by atomic mass is 35.5. The van der Waals surface area contributed by atoms with Crippen molar-refractivity contribution in [2.45, 2.75) is 32.6 Å². The van der Waals surface area contributed by atoms with Gasteiger partial charge in [0.1, 0.15) is 0 Å². The van der Waals surface area contributed by atoms with Crippen molar-refractivity contribution in [3.63, 3.8) is 0 Å². The van der Waals surface area contributed by atoms with Crippen molar-refractivity contribution in [3.05, 3.63) is 40.4 Å². The van der Waals surface area contributed by atoms with E-state index >= 15 is 0 Å². The number of halogens is 1. The van der Waals surface area contributed by atoms with Gasteiger partial charge in [-0.25, -0.2) is 0 Å². The van der Waals surface area contributed by atoms with Gasteiger partial charge in [0, 0.05) is 5.02 Å². The van der Waals surface area contributed by atoms with E-state index in [0.29, 0.717) is 0 Å². The molecule has 0 bridgehead atoms. The lowest BCUT2D eigenvalue weighted by molar-refractivity contribution is 0.689. The molecule has 0 saturated heterocycles. The van der Waals surface area contributed by atoms with E-state index in [1.54, 1.807) is 0 Å². The predicted molar refractivity (Wildman–Crippen MR) is 67.2 cm³/mol. The van der Waals surface area contributed by atoms with E-state index in [2.05, 4.69) is 25.1 Å². The van der Waals surface area contributed by atoms with Crippen LogP contribution >= 0.6 is 11.6 Å². The zero-order valence-electron chi connectivity index (χ0n) is 9.17. The molecule has 0 nitrogen and oxygen atoms in total. The zero-order valence-corrected chi connectivity index (χ0v) is 9.93. The van der Waals surface area contributed by atoms with Crippen molar-refractivity contribution >= 4 is 17.7 Å². The van der Waals surface area contributed by atoms with Crippen LogP contribution in [0.1, 0.15) is 36.8 Å². The molecule has 1 aromatic carbocycles. The maximum Gasteiger partial charge on any atom is 0.0414 e. The number of allylic oxidation sites excluding steroid dienone is 1. The smallest absolute Gasteiger partial charge is 0.0414 e. The number of benzene rings is 1. The molecule has 1 fully saturated rings. The molecule has 0 heterocycles. The molecule has 0 spiro atoms. The summed E-state index contributed by atoms with van der Waals surface area (Å²) in [6.45, 7) is 2.08. The molecule has 0 unspecified atom stereocenters. The predicted octanol–water partition coefficient (Wildman–Crippen LogP) is 4.85. The first-order valence-corrected chi connectivity index (χ1v) is 6.07. The SMILES string of the molecule is Cc1cc(Cl)cc(/C=C\C2CCCC2)c1. The third kappa shape index (κ3) is 3.10. The number of aryl methyl sites for hydroxylation is 1. The monoisotopic (exact) mass is 220 g/mol. The highest BCUT2D eigenvalue weighted by Gasteiger charge is 2.10. The van der Waals surface area contributed by atoms with Crippen LogP contribution in [0.25, 0.3) is 6.08 Å². The van der Waals surface area contributed by atoms with Crippen LogP contribution in [0.5, 0.6) is 0 Å². The average Bonchev–Trinajstić information content (AvgIpc) is 2.65. The molecular formula is C14H17Cl. The Bertz CT molecular complexity index is 339. The fourth-order valence-electron chi connectivity index (χ4n) is 2.26. The number of hydrogen-bond donors (Lipinski definition) is 0. The lowest BCUT2D eigenvalue weighted by Crippen LogP contribution is -1.85. The Balaban J connectivity index is 2.09. The molecule has 2 rings (SSSR count). The van der Waals surface area contributed by atoms with Gasteiger partial charge < -0.3 is 0 Å². The summed E-state index contributed by atoms with van der Waals surface area (Å²) in [7, 11) is 0. The van der Waals surface area contributed by atoms with Gasteiger partial charge in [-0.3, -0.25) is 0 Å². The molecule has 1 aromatic rings. The van der Waals surface area contributed by atoms with Crippen LogP contribution in [0.2, 0.25) is 5.02 Å². The molecule has 80 valence electrons. The molecule has 15 heavy (non-hydrogen) atoms. The average molecular weight is 221 g/mol. The van der Waals surface area contributed by atoms with E-state index in [4.69, 9.17) is 11.6 Å². The molecule has 1 aliphatic rings. The highest BCUT2D eigenvalue weighted by molar-refractivity contribution is 6.30. The Morgan fingerprint density at radius 1 is 1.20 bits per heavy atom. The second-order valence-electron chi connectivity index (χ2n) is 4.47. The van der Waals surface area contributed by atoms with Crippen molar-refractivity contribution in [3.8, 4) is 0 Å². The van der Waals surface area contributed by atoms with E-state index in [0.717, 1.165) is 10.9 Å². The minimum atomic E-state index is 0.796. The topological polar surface area (TPSA) is 0 Å². The maximum atomic E-state index is 6.01. The molecule has 1 heteroatoms. The number of rotatable bonds is 2. The van der Waals surface area contributed by atoms with E-state index in [1.807, 2.05) is 12.1 Å². The fourth-order valence-corrected chi connectivity index (χ4v) is 2.56. The first kappa shape index (κ1) is 10.8. The third-order valence-electron chi connectivity index (χ3n) is 3.03. The van der Waals surface area contributed by atoms with Gasteiger partial charge in [0.2, 0.25) is 0 Å². The minimum Gasteiger partial charge on any atom is -0.0843 e. The van der Waals surface area contributed by atoms with Gasteiger partial charge in [0.25, 0.3) is 0 Å². The molecule has 0 atom stereocenters. The molecule has 0 aliphatic heterocycles. The summed E-state index contributed by atoms with van der Waals surface area (Å²) in [4.78, 5) is 0. The summed E-state index contributed by atoms with van der Waals surface area (Å²) >= 11 is 6.01. The van der Waals surface area contributed by atoms with Crippen molar-refractivity contribution < 1.29 is 0 Å². The second-order valence-corrected chi connectivity index (χ2v) is 4.90. The zero-order chi connectivity index (χ0) is 10.7. The Morgan fingerprint density at radius 3 is 2.60 bits per heavy atom. The van der Waals surface area contributed by atoms with E-state index < -0.39 is 0 Å². The van der Waals surface area contributed by atoms with Gasteiger partial charge in [-0.2, -0.15) is 0 Å². The summed E-state index contributed by atoms with van der Waals surface area (Å²) < 4.78 is 0. The number of hydrogen-bond acceptors (Lipinski definition) is 0. The Morgan fingerprint density at radius 2 is 1.93 bits per heavy atom. The lowest BCUT2D eigenvalue weighted by atomic mass is 10.1. The largest absolute Gasteiger partial charge is 0.0843 e. The van der Waals surface area contributed by atoms with Crippen LogP contribution in [0.3, 0.4) is 0 Å². The van der Waals surface area contributed by atoms with Crippen LogP contribution in [-0.2, 0) is 0 Å². The summed E-state index contributed by atoms with van der Waals surface area (Å²) in [5.41, 5.74) is 2.46. The van der Waals surface area contributed by atoms with Gasteiger partial charge in [-0.05, 0) is 48.9 Å². The van der Waals surface area contributed by atoms with E-state index in [9.17, 15) is 0 Å². The quantitative estimate of drug-likeness (QED) is 0.668. The highest BCUT2D eigenvalue weighted by Crippen LogP contribution is 2.26. The maximum absolute atomic E-state index is 6.01. The van der Waals surface area contributed by atoms with Crippen molar-refractivity contribution in [2.75, 3.05) is 0 Å². The second kappa shape index (κ2) is 4.85. The standard InChI is InChI=1S/C14H17Cl/c1-11-8-13(10-14(15)9-11)7-6-12-4-2-3-5-12/h6-10,12H,2-5H2,1H3/b7-6-. The molecule has 0 amide bonds. The van der Waals surface area contributed by atoms with E-state index in [1.165, 1.54) is 36.8 Å². The fraction of sp³-hybridized carbons (Fsp3) is 0.429. The Kier molecular flexibility index (Phi) is 3.48. The Labute approximate surface area is 97.0 Å². The summed E-state index contributed by atoms with van der Waals surface area (Å²) in [5, 5.41) is 0.834. The first-order valence-electron chi connectivity index (χ1n) is 5.69. The third-order valence-corrected chi connectivity index (χ3v) is 3.24. The van der Waals surface area contributed by atoms with Gasteiger partial charge in [-0.15, -0.1) is 0 Å². The molecule has 0 aromatic heterocycles. The molecule has 1 aliphatic carbocycles. The van der Waals surface area contributed by atoms with E-state index in [-0.39, 0.29) is 0 Å². The molecule has 1 saturated carbocycles. The van der Waals surface area contributed by atoms with Crippen molar-refractivity contribution in [1.82, 2.24) is 0 Å². The molecule has 0 radical (unpaired) electrons. The van der Waals surface area contributed by atoms with Crippen LogP contribution < -0.4 is 0 Å². The molecule has 0 N–H and O–H groups in total. The van der Waals surface area contributed by atoms with Crippen LogP contribution in [0.15, 0.2) is 24.3 Å². The summed E-state index contributed by atoms with van der Waals surface area (Å²) in [6.07, 6.45) is 10.1. The lowest BCUT2D eigenvalue weighted by Gasteiger charge is -2.02. The Hall–Kier alpha value is -0.750. The van der Waals surface area contributed by atoms with Gasteiger partial charge >= 0.3 is 0 Å². The van der Waals surface area contributed by atoms with Crippen LogP contribution in [0.4, 0.5) is 0 Å². The summed E-state index contributed by atoms with van der Waals surface area (Å²) in [6, 6.07) is 6.20. The first-order chi connectivity index (χ1) is 7.24. The van der Waals surface area contributed by atoms with Crippen LogP contribution in [-0.4, -0.2) is 0 Å². The summed E-state index contributed by atoms with van der Waals surface area (Å²) in [5.74, 6) is 0.796. The normalized spacial score (nSPS) is 17.7.